The predicted molar refractivity (Wildman–Crippen MR) is 82.1 cm³/mol. The Morgan fingerprint density at radius 3 is 2.76 bits per heavy atom. The Morgan fingerprint density at radius 1 is 1.33 bits per heavy atom. The molecule has 2 atom stereocenters. The number of aromatic nitrogens is 2. The standard InChI is InChI=1S/C16H20ClFN2O/c1-3-11(2)20-7-6-14(19-20)10-15(21)8-12-4-5-13(18)9-16(12)17/h4-7,9,11,15,21H,3,8,10H2,1-2H3. The van der Waals surface area contributed by atoms with Crippen LogP contribution in [0.2, 0.25) is 5.02 Å². The molecule has 114 valence electrons. The number of hydrogen-bond acceptors (Lipinski definition) is 2. The second-order valence-electron chi connectivity index (χ2n) is 5.34. The summed E-state index contributed by atoms with van der Waals surface area (Å²) in [6.45, 7) is 4.21. The van der Waals surface area contributed by atoms with E-state index in [4.69, 9.17) is 11.6 Å². The summed E-state index contributed by atoms with van der Waals surface area (Å²) in [5, 5.41) is 15.0. The fourth-order valence-electron chi connectivity index (χ4n) is 2.17. The number of rotatable bonds is 6. The Hall–Kier alpha value is -1.39. The molecule has 0 amide bonds. The summed E-state index contributed by atoms with van der Waals surface area (Å²) in [5.41, 5.74) is 1.59. The zero-order chi connectivity index (χ0) is 15.4. The molecule has 1 aromatic heterocycles. The molecule has 0 saturated heterocycles. The van der Waals surface area contributed by atoms with Gasteiger partial charge in [-0.1, -0.05) is 24.6 Å². The summed E-state index contributed by atoms with van der Waals surface area (Å²) in [4.78, 5) is 0. The average molecular weight is 311 g/mol. The maximum absolute atomic E-state index is 13.0. The van der Waals surface area contributed by atoms with Crippen LogP contribution in [-0.2, 0) is 12.8 Å². The normalized spacial score (nSPS) is 14.1. The highest BCUT2D eigenvalue weighted by Gasteiger charge is 2.12. The summed E-state index contributed by atoms with van der Waals surface area (Å²) in [5.74, 6) is -0.370. The van der Waals surface area contributed by atoms with Crippen molar-refractivity contribution in [3.05, 3.63) is 52.6 Å². The van der Waals surface area contributed by atoms with Crippen molar-refractivity contribution in [3.63, 3.8) is 0 Å². The van der Waals surface area contributed by atoms with E-state index in [9.17, 15) is 9.50 Å². The van der Waals surface area contributed by atoms with E-state index >= 15 is 0 Å². The molecule has 0 bridgehead atoms. The van der Waals surface area contributed by atoms with Gasteiger partial charge in [-0.3, -0.25) is 4.68 Å². The Labute approximate surface area is 129 Å². The molecule has 0 saturated carbocycles. The third kappa shape index (κ3) is 4.29. The van der Waals surface area contributed by atoms with Crippen LogP contribution in [0.4, 0.5) is 4.39 Å². The molecule has 21 heavy (non-hydrogen) atoms. The minimum atomic E-state index is -0.590. The first-order chi connectivity index (χ1) is 9.99. The number of nitrogens with zero attached hydrogens (tertiary/aromatic N) is 2. The van der Waals surface area contributed by atoms with Crippen molar-refractivity contribution < 1.29 is 9.50 Å². The van der Waals surface area contributed by atoms with E-state index in [2.05, 4.69) is 18.9 Å². The molecule has 1 heterocycles. The summed E-state index contributed by atoms with van der Waals surface area (Å²) < 4.78 is 14.9. The van der Waals surface area contributed by atoms with E-state index in [1.54, 1.807) is 6.07 Å². The van der Waals surface area contributed by atoms with Gasteiger partial charge in [0.2, 0.25) is 0 Å². The maximum atomic E-state index is 13.0. The lowest BCUT2D eigenvalue weighted by Gasteiger charge is -2.11. The van der Waals surface area contributed by atoms with Gasteiger partial charge in [0.05, 0.1) is 11.8 Å². The lowest BCUT2D eigenvalue weighted by Crippen LogP contribution is -2.15. The van der Waals surface area contributed by atoms with Crippen LogP contribution in [0.3, 0.4) is 0 Å². The molecule has 0 fully saturated rings. The van der Waals surface area contributed by atoms with Crippen molar-refractivity contribution in [2.45, 2.75) is 45.3 Å². The molecule has 2 unspecified atom stereocenters. The summed E-state index contributed by atoms with van der Waals surface area (Å²) >= 11 is 5.97. The smallest absolute Gasteiger partial charge is 0.124 e. The molecule has 5 heteroatoms. The van der Waals surface area contributed by atoms with Crippen molar-refractivity contribution in [2.75, 3.05) is 0 Å². The third-order valence-electron chi connectivity index (χ3n) is 3.62. The van der Waals surface area contributed by atoms with Gasteiger partial charge in [0.1, 0.15) is 5.82 Å². The molecule has 1 N–H and O–H groups in total. The largest absolute Gasteiger partial charge is 0.392 e. The van der Waals surface area contributed by atoms with Gasteiger partial charge in [0.25, 0.3) is 0 Å². The van der Waals surface area contributed by atoms with Crippen molar-refractivity contribution >= 4 is 11.6 Å². The highest BCUT2D eigenvalue weighted by molar-refractivity contribution is 6.31. The zero-order valence-corrected chi connectivity index (χ0v) is 13.0. The second-order valence-corrected chi connectivity index (χ2v) is 5.75. The number of benzene rings is 1. The van der Waals surface area contributed by atoms with E-state index in [0.717, 1.165) is 17.7 Å². The number of hydrogen-bond donors (Lipinski definition) is 1. The van der Waals surface area contributed by atoms with E-state index in [1.807, 2.05) is 16.9 Å². The second kappa shape index (κ2) is 7.05. The van der Waals surface area contributed by atoms with Crippen LogP contribution in [0.25, 0.3) is 0 Å². The molecule has 0 aliphatic carbocycles. The Balaban J connectivity index is 1.98. The minimum Gasteiger partial charge on any atom is -0.392 e. The average Bonchev–Trinajstić information content (AvgIpc) is 2.89. The molecular formula is C16H20ClFN2O. The van der Waals surface area contributed by atoms with Crippen LogP contribution < -0.4 is 0 Å². The van der Waals surface area contributed by atoms with Gasteiger partial charge < -0.3 is 5.11 Å². The van der Waals surface area contributed by atoms with Gasteiger partial charge >= 0.3 is 0 Å². The molecule has 0 aliphatic heterocycles. The first kappa shape index (κ1) is 16.0. The fourth-order valence-corrected chi connectivity index (χ4v) is 2.42. The van der Waals surface area contributed by atoms with Gasteiger partial charge in [-0.15, -0.1) is 0 Å². The molecule has 3 nitrogen and oxygen atoms in total. The predicted octanol–water partition coefficient (Wildman–Crippen LogP) is 3.79. The summed E-state index contributed by atoms with van der Waals surface area (Å²) in [7, 11) is 0. The van der Waals surface area contributed by atoms with E-state index in [0.29, 0.717) is 23.9 Å². The van der Waals surface area contributed by atoms with Crippen LogP contribution in [0.1, 0.15) is 37.6 Å². The number of halogens is 2. The monoisotopic (exact) mass is 310 g/mol. The van der Waals surface area contributed by atoms with E-state index in [1.165, 1.54) is 12.1 Å². The van der Waals surface area contributed by atoms with Crippen molar-refractivity contribution in [3.8, 4) is 0 Å². The fraction of sp³-hybridized carbons (Fsp3) is 0.438. The van der Waals surface area contributed by atoms with Crippen molar-refractivity contribution in [1.29, 1.82) is 0 Å². The molecule has 0 radical (unpaired) electrons. The van der Waals surface area contributed by atoms with Gasteiger partial charge in [-0.2, -0.15) is 5.10 Å². The number of aliphatic hydroxyl groups is 1. The topological polar surface area (TPSA) is 38.0 Å². The first-order valence-electron chi connectivity index (χ1n) is 7.15. The van der Waals surface area contributed by atoms with Gasteiger partial charge in [-0.25, -0.2) is 4.39 Å². The SMILES string of the molecule is CCC(C)n1ccc(CC(O)Cc2ccc(F)cc2Cl)n1. The zero-order valence-electron chi connectivity index (χ0n) is 12.3. The Bertz CT molecular complexity index is 600. The lowest BCUT2D eigenvalue weighted by molar-refractivity contribution is 0.174. The first-order valence-corrected chi connectivity index (χ1v) is 7.53. The highest BCUT2D eigenvalue weighted by atomic mass is 35.5. The molecule has 2 rings (SSSR count). The lowest BCUT2D eigenvalue weighted by atomic mass is 10.0. The van der Waals surface area contributed by atoms with Gasteiger partial charge in [0, 0.05) is 30.1 Å². The third-order valence-corrected chi connectivity index (χ3v) is 3.97. The Morgan fingerprint density at radius 2 is 2.10 bits per heavy atom. The molecule has 2 aromatic rings. The van der Waals surface area contributed by atoms with Crippen LogP contribution in [-0.4, -0.2) is 21.0 Å². The van der Waals surface area contributed by atoms with Crippen molar-refractivity contribution in [2.24, 2.45) is 0 Å². The summed E-state index contributed by atoms with van der Waals surface area (Å²) in [6, 6.07) is 6.50. The summed E-state index contributed by atoms with van der Waals surface area (Å²) in [6.07, 6.45) is 3.19. The number of aliphatic hydroxyl groups excluding tert-OH is 1. The molecule has 1 aromatic carbocycles. The Kier molecular flexibility index (Phi) is 5.37. The van der Waals surface area contributed by atoms with Crippen LogP contribution >= 0.6 is 11.6 Å². The van der Waals surface area contributed by atoms with Gasteiger partial charge in [0.15, 0.2) is 0 Å². The van der Waals surface area contributed by atoms with E-state index in [-0.39, 0.29) is 5.82 Å². The molecule has 0 aliphatic rings. The van der Waals surface area contributed by atoms with Crippen molar-refractivity contribution in [1.82, 2.24) is 9.78 Å². The minimum absolute atomic E-state index is 0.346. The maximum Gasteiger partial charge on any atom is 0.124 e. The highest BCUT2D eigenvalue weighted by Crippen LogP contribution is 2.20. The quantitative estimate of drug-likeness (QED) is 0.881. The van der Waals surface area contributed by atoms with Crippen LogP contribution in [0.15, 0.2) is 30.5 Å². The van der Waals surface area contributed by atoms with Crippen LogP contribution in [0.5, 0.6) is 0 Å². The molecule has 0 spiro atoms. The molecular weight excluding hydrogens is 291 g/mol. The van der Waals surface area contributed by atoms with E-state index < -0.39 is 6.10 Å². The van der Waals surface area contributed by atoms with Crippen LogP contribution in [0, 0.1) is 5.82 Å². The van der Waals surface area contributed by atoms with Gasteiger partial charge in [-0.05, 0) is 37.1 Å².